The van der Waals surface area contributed by atoms with Crippen molar-refractivity contribution in [1.29, 1.82) is 0 Å². The Hall–Kier alpha value is -1.70. The van der Waals surface area contributed by atoms with Gasteiger partial charge in [0.25, 0.3) is 0 Å². The molecule has 2 aliphatic rings. The summed E-state index contributed by atoms with van der Waals surface area (Å²) in [5, 5.41) is 2.90. The second-order valence-corrected chi connectivity index (χ2v) is 5.88. The van der Waals surface area contributed by atoms with Crippen molar-refractivity contribution >= 4 is 11.7 Å². The predicted octanol–water partition coefficient (Wildman–Crippen LogP) is 1.04. The van der Waals surface area contributed by atoms with Crippen molar-refractivity contribution in [3.8, 4) is 0 Å². The SMILES string of the molecule is O=C(Nc1cccnc1)N1CCCO[C@@H](CN2CCOCC2)C1. The molecule has 0 radical (unpaired) electrons. The summed E-state index contributed by atoms with van der Waals surface area (Å²) >= 11 is 0. The maximum Gasteiger partial charge on any atom is 0.321 e. The minimum Gasteiger partial charge on any atom is -0.379 e. The Balaban J connectivity index is 1.54. The molecule has 1 N–H and O–H groups in total. The molecular weight excluding hydrogens is 296 g/mol. The number of amides is 2. The van der Waals surface area contributed by atoms with Crippen molar-refractivity contribution in [3.05, 3.63) is 24.5 Å². The quantitative estimate of drug-likeness (QED) is 0.901. The van der Waals surface area contributed by atoms with Gasteiger partial charge in [-0.05, 0) is 18.6 Å². The van der Waals surface area contributed by atoms with Gasteiger partial charge in [-0.3, -0.25) is 9.88 Å². The highest BCUT2D eigenvalue weighted by Gasteiger charge is 2.25. The minimum atomic E-state index is -0.0875. The molecule has 126 valence electrons. The first-order valence-electron chi connectivity index (χ1n) is 8.19. The number of nitrogens with zero attached hydrogens (tertiary/aromatic N) is 3. The third kappa shape index (κ3) is 4.89. The maximum atomic E-state index is 12.5. The molecule has 1 aromatic heterocycles. The van der Waals surface area contributed by atoms with Crippen LogP contribution < -0.4 is 5.32 Å². The molecule has 7 nitrogen and oxygen atoms in total. The molecule has 3 rings (SSSR count). The Bertz CT molecular complexity index is 493. The molecule has 7 heteroatoms. The summed E-state index contributed by atoms with van der Waals surface area (Å²) in [6.45, 7) is 6.29. The first-order chi connectivity index (χ1) is 11.3. The van der Waals surface area contributed by atoms with Gasteiger partial charge in [-0.2, -0.15) is 0 Å². The van der Waals surface area contributed by atoms with E-state index in [1.807, 2.05) is 17.0 Å². The van der Waals surface area contributed by atoms with Crippen molar-refractivity contribution in [2.24, 2.45) is 0 Å². The highest BCUT2D eigenvalue weighted by Crippen LogP contribution is 2.11. The van der Waals surface area contributed by atoms with Crippen LogP contribution in [-0.4, -0.2) is 79.5 Å². The normalized spacial score (nSPS) is 23.3. The van der Waals surface area contributed by atoms with Gasteiger partial charge in [-0.15, -0.1) is 0 Å². The van der Waals surface area contributed by atoms with E-state index in [4.69, 9.17) is 9.47 Å². The van der Waals surface area contributed by atoms with Gasteiger partial charge in [0.1, 0.15) is 0 Å². The highest BCUT2D eigenvalue weighted by atomic mass is 16.5. The molecule has 3 heterocycles. The zero-order chi connectivity index (χ0) is 15.9. The number of carbonyl (C=O) groups is 1. The van der Waals surface area contributed by atoms with Gasteiger partial charge >= 0.3 is 6.03 Å². The van der Waals surface area contributed by atoms with Crippen molar-refractivity contribution < 1.29 is 14.3 Å². The van der Waals surface area contributed by atoms with Gasteiger partial charge < -0.3 is 19.7 Å². The standard InChI is InChI=1S/C16H24N4O3/c21-16(18-14-3-1-4-17-11-14)20-5-2-8-23-15(13-20)12-19-6-9-22-10-7-19/h1,3-4,11,15H,2,5-10,12-13H2,(H,18,21)/t15-/m0/s1. The number of carbonyl (C=O) groups excluding carboxylic acids is 1. The Kier molecular flexibility index (Phi) is 5.79. The zero-order valence-electron chi connectivity index (χ0n) is 13.3. The molecule has 0 saturated carbocycles. The lowest BCUT2D eigenvalue weighted by Gasteiger charge is -2.31. The molecule has 0 aromatic carbocycles. The van der Waals surface area contributed by atoms with E-state index in [-0.39, 0.29) is 12.1 Å². The number of urea groups is 1. The van der Waals surface area contributed by atoms with Crippen LogP contribution in [-0.2, 0) is 9.47 Å². The van der Waals surface area contributed by atoms with E-state index in [9.17, 15) is 4.79 Å². The number of nitrogens with one attached hydrogen (secondary N) is 1. The fourth-order valence-corrected chi connectivity index (χ4v) is 2.90. The number of hydrogen-bond acceptors (Lipinski definition) is 5. The molecule has 0 spiro atoms. The van der Waals surface area contributed by atoms with Crippen molar-refractivity contribution in [2.45, 2.75) is 12.5 Å². The van der Waals surface area contributed by atoms with Crippen LogP contribution >= 0.6 is 0 Å². The first kappa shape index (κ1) is 16.2. The predicted molar refractivity (Wildman–Crippen MR) is 86.4 cm³/mol. The summed E-state index contributed by atoms with van der Waals surface area (Å²) < 4.78 is 11.3. The Morgan fingerprint density at radius 2 is 2.17 bits per heavy atom. The van der Waals surface area contributed by atoms with Crippen molar-refractivity contribution in [3.63, 3.8) is 0 Å². The number of morpholine rings is 1. The molecular formula is C16H24N4O3. The third-order valence-corrected chi connectivity index (χ3v) is 4.12. The van der Waals surface area contributed by atoms with Crippen molar-refractivity contribution in [1.82, 2.24) is 14.8 Å². The number of aromatic nitrogens is 1. The third-order valence-electron chi connectivity index (χ3n) is 4.12. The molecule has 23 heavy (non-hydrogen) atoms. The minimum absolute atomic E-state index is 0.0512. The van der Waals surface area contributed by atoms with Gasteiger partial charge in [0.15, 0.2) is 0 Å². The van der Waals surface area contributed by atoms with Crippen LogP contribution in [0.1, 0.15) is 6.42 Å². The summed E-state index contributed by atoms with van der Waals surface area (Å²) in [7, 11) is 0. The van der Waals surface area contributed by atoms with Gasteiger partial charge in [-0.1, -0.05) is 0 Å². The maximum absolute atomic E-state index is 12.5. The number of pyridine rings is 1. The number of anilines is 1. The summed E-state index contributed by atoms with van der Waals surface area (Å²) in [5.41, 5.74) is 0.715. The lowest BCUT2D eigenvalue weighted by Crippen LogP contribution is -2.46. The van der Waals surface area contributed by atoms with Gasteiger partial charge in [0, 0.05) is 45.5 Å². The number of hydrogen-bond donors (Lipinski definition) is 1. The fraction of sp³-hybridized carbons (Fsp3) is 0.625. The summed E-state index contributed by atoms with van der Waals surface area (Å²) in [5.74, 6) is 0. The molecule has 0 unspecified atom stereocenters. The van der Waals surface area contributed by atoms with E-state index in [0.717, 1.165) is 39.3 Å². The summed E-state index contributed by atoms with van der Waals surface area (Å²) in [6, 6.07) is 3.56. The van der Waals surface area contributed by atoms with Gasteiger partial charge in [-0.25, -0.2) is 4.79 Å². The topological polar surface area (TPSA) is 66.9 Å². The van der Waals surface area contributed by atoms with E-state index < -0.39 is 0 Å². The zero-order valence-corrected chi connectivity index (χ0v) is 13.3. The van der Waals surface area contributed by atoms with Crippen LogP contribution in [0.25, 0.3) is 0 Å². The average Bonchev–Trinajstić information content (AvgIpc) is 2.82. The van der Waals surface area contributed by atoms with Crippen LogP contribution in [0.15, 0.2) is 24.5 Å². The smallest absolute Gasteiger partial charge is 0.321 e. The van der Waals surface area contributed by atoms with E-state index in [0.29, 0.717) is 25.4 Å². The average molecular weight is 320 g/mol. The Morgan fingerprint density at radius 3 is 2.96 bits per heavy atom. The monoisotopic (exact) mass is 320 g/mol. The molecule has 0 bridgehead atoms. The molecule has 1 atom stereocenters. The second-order valence-electron chi connectivity index (χ2n) is 5.88. The fourth-order valence-electron chi connectivity index (χ4n) is 2.90. The molecule has 2 aliphatic heterocycles. The lowest BCUT2D eigenvalue weighted by molar-refractivity contribution is -0.00983. The molecule has 2 saturated heterocycles. The van der Waals surface area contributed by atoms with E-state index in [1.54, 1.807) is 12.4 Å². The molecule has 1 aromatic rings. The highest BCUT2D eigenvalue weighted by molar-refractivity contribution is 5.89. The van der Waals surface area contributed by atoms with E-state index in [1.165, 1.54) is 0 Å². The van der Waals surface area contributed by atoms with Gasteiger partial charge in [0.2, 0.25) is 0 Å². The largest absolute Gasteiger partial charge is 0.379 e. The number of rotatable bonds is 3. The summed E-state index contributed by atoms with van der Waals surface area (Å²) in [4.78, 5) is 20.7. The van der Waals surface area contributed by atoms with Gasteiger partial charge in [0.05, 0.1) is 31.2 Å². The van der Waals surface area contributed by atoms with Crippen molar-refractivity contribution in [2.75, 3.05) is 57.9 Å². The first-order valence-corrected chi connectivity index (χ1v) is 8.19. The number of ether oxygens (including phenoxy) is 2. The van der Waals surface area contributed by atoms with Crippen LogP contribution in [0.2, 0.25) is 0 Å². The molecule has 2 fully saturated rings. The molecule has 2 amide bonds. The van der Waals surface area contributed by atoms with E-state index in [2.05, 4.69) is 15.2 Å². The van der Waals surface area contributed by atoms with Crippen LogP contribution in [0, 0.1) is 0 Å². The molecule has 0 aliphatic carbocycles. The lowest BCUT2D eigenvalue weighted by atomic mass is 10.2. The Morgan fingerprint density at radius 1 is 1.30 bits per heavy atom. The van der Waals surface area contributed by atoms with Crippen LogP contribution in [0.5, 0.6) is 0 Å². The van der Waals surface area contributed by atoms with Crippen LogP contribution in [0.3, 0.4) is 0 Å². The Labute approximate surface area is 136 Å². The summed E-state index contributed by atoms with van der Waals surface area (Å²) in [6.07, 6.45) is 4.25. The second kappa shape index (κ2) is 8.24. The van der Waals surface area contributed by atoms with E-state index >= 15 is 0 Å². The van der Waals surface area contributed by atoms with Crippen LogP contribution in [0.4, 0.5) is 10.5 Å².